The molecule has 0 bridgehead atoms. The van der Waals surface area contributed by atoms with Crippen LogP contribution in [0.2, 0.25) is 0 Å². The van der Waals surface area contributed by atoms with Gasteiger partial charge in [0.05, 0.1) is 38.8 Å². The molecule has 12 aromatic rings. The highest BCUT2D eigenvalue weighted by molar-refractivity contribution is 6.29. The zero-order chi connectivity index (χ0) is 36.0. The van der Waals surface area contributed by atoms with E-state index in [0.29, 0.717) is 0 Å². The Morgan fingerprint density at radius 3 is 1.20 bits per heavy atom. The summed E-state index contributed by atoms with van der Waals surface area (Å²) in [6.45, 7) is 0. The topological polar surface area (TPSA) is 14.8 Å². The van der Waals surface area contributed by atoms with Crippen molar-refractivity contribution in [2.45, 2.75) is 0 Å². The molecule has 3 aromatic heterocycles. The molecule has 55 heavy (non-hydrogen) atoms. The maximum atomic E-state index is 2.48. The number of hydrogen-bond donors (Lipinski definition) is 0. The van der Waals surface area contributed by atoms with Crippen LogP contribution in [0.3, 0.4) is 0 Å². The molecule has 0 aliphatic carbocycles. The van der Waals surface area contributed by atoms with Gasteiger partial charge in [-0.3, -0.25) is 0 Å². The van der Waals surface area contributed by atoms with Crippen LogP contribution in [0, 0.1) is 0 Å². The van der Waals surface area contributed by atoms with Crippen LogP contribution in [0.1, 0.15) is 0 Å². The summed E-state index contributed by atoms with van der Waals surface area (Å²) in [6, 6.07) is 73.1. The van der Waals surface area contributed by atoms with Crippen LogP contribution in [0.4, 0.5) is 0 Å². The number of benzene rings is 9. The van der Waals surface area contributed by atoms with E-state index in [4.69, 9.17) is 0 Å². The molecule has 3 heterocycles. The van der Waals surface area contributed by atoms with Crippen molar-refractivity contribution in [1.82, 2.24) is 13.7 Å². The first kappa shape index (κ1) is 30.1. The summed E-state index contributed by atoms with van der Waals surface area (Å²) in [7, 11) is 0. The largest absolute Gasteiger partial charge is 0.309 e. The highest BCUT2D eigenvalue weighted by Gasteiger charge is 2.22. The van der Waals surface area contributed by atoms with Gasteiger partial charge in [-0.15, -0.1) is 0 Å². The second-order valence-corrected chi connectivity index (χ2v) is 14.5. The zero-order valence-electron chi connectivity index (χ0n) is 29.9. The summed E-state index contributed by atoms with van der Waals surface area (Å²) in [5.74, 6) is 0. The lowest BCUT2D eigenvalue weighted by Gasteiger charge is -2.15. The quantitative estimate of drug-likeness (QED) is 0.174. The van der Waals surface area contributed by atoms with E-state index in [1.54, 1.807) is 0 Å². The van der Waals surface area contributed by atoms with Crippen molar-refractivity contribution in [2.24, 2.45) is 0 Å². The van der Waals surface area contributed by atoms with Crippen molar-refractivity contribution in [1.29, 1.82) is 0 Å². The fourth-order valence-electron chi connectivity index (χ4n) is 9.36. The molecule has 3 nitrogen and oxygen atoms in total. The van der Waals surface area contributed by atoms with Gasteiger partial charge in [0.25, 0.3) is 0 Å². The summed E-state index contributed by atoms with van der Waals surface area (Å²) in [6.07, 6.45) is 0. The Morgan fingerprint density at radius 1 is 0.236 bits per heavy atom. The molecule has 3 heteroatoms. The molecule has 0 saturated carbocycles. The van der Waals surface area contributed by atoms with Gasteiger partial charge in [-0.1, -0.05) is 133 Å². The van der Waals surface area contributed by atoms with Gasteiger partial charge in [-0.05, 0) is 83.2 Å². The van der Waals surface area contributed by atoms with Gasteiger partial charge < -0.3 is 13.7 Å². The lowest BCUT2D eigenvalue weighted by molar-refractivity contribution is 1.14. The number of hydrogen-bond acceptors (Lipinski definition) is 0. The van der Waals surface area contributed by atoms with Crippen LogP contribution in [0.15, 0.2) is 200 Å². The number of aromatic nitrogens is 3. The molecule has 0 atom stereocenters. The molecule has 0 aliphatic rings. The van der Waals surface area contributed by atoms with Crippen LogP contribution >= 0.6 is 0 Å². The van der Waals surface area contributed by atoms with E-state index in [1.165, 1.54) is 93.0 Å². The average Bonchev–Trinajstić information content (AvgIpc) is 3.89. The van der Waals surface area contributed by atoms with Crippen molar-refractivity contribution in [3.05, 3.63) is 200 Å². The van der Waals surface area contributed by atoms with Gasteiger partial charge in [-0.2, -0.15) is 0 Å². The van der Waals surface area contributed by atoms with E-state index in [9.17, 15) is 0 Å². The summed E-state index contributed by atoms with van der Waals surface area (Å²) in [4.78, 5) is 0. The molecule has 0 N–H and O–H groups in total. The van der Waals surface area contributed by atoms with Crippen molar-refractivity contribution in [3.8, 4) is 28.2 Å². The Bertz CT molecular complexity index is 3420. The standard InChI is InChI=1S/C52H33N3/c1-2-14-34(15-3-1)37-30-31-48(39-17-5-4-16-38(37)39)55-47-25-13-9-21-43(47)52-50(55)33-32-49-51(52)42-20-8-12-24-46(42)54(49)36-28-26-35(27-29-36)53-44-22-10-6-18-40(44)41-19-7-11-23-45(41)53/h1-33H. The minimum Gasteiger partial charge on any atom is -0.309 e. The number of fused-ring (bicyclic) bond motifs is 11. The number of rotatable bonds is 4. The first-order valence-corrected chi connectivity index (χ1v) is 19.0. The first-order valence-electron chi connectivity index (χ1n) is 19.0. The maximum absolute atomic E-state index is 2.48. The molecular formula is C52H33N3. The SMILES string of the molecule is c1ccc(-c2ccc(-n3c4ccccc4c4c5c6ccccc6n(-c6ccc(-n7c8ccccc8c8ccccc87)cc6)c5ccc43)c3ccccc23)cc1. The van der Waals surface area contributed by atoms with Crippen LogP contribution in [0.25, 0.3) is 104 Å². The second-order valence-electron chi connectivity index (χ2n) is 14.5. The molecule has 0 aliphatic heterocycles. The smallest absolute Gasteiger partial charge is 0.0549 e. The summed E-state index contributed by atoms with van der Waals surface area (Å²) < 4.78 is 7.30. The van der Waals surface area contributed by atoms with E-state index in [0.717, 1.165) is 11.4 Å². The highest BCUT2D eigenvalue weighted by atomic mass is 15.0. The van der Waals surface area contributed by atoms with E-state index >= 15 is 0 Å². The number of para-hydroxylation sites is 4. The molecule has 12 rings (SSSR count). The van der Waals surface area contributed by atoms with E-state index in [2.05, 4.69) is 214 Å². The molecule has 0 amide bonds. The van der Waals surface area contributed by atoms with Crippen LogP contribution in [-0.2, 0) is 0 Å². The summed E-state index contributed by atoms with van der Waals surface area (Å²) in [5, 5.41) is 10.1. The normalized spacial score (nSPS) is 12.0. The fraction of sp³-hybridized carbons (Fsp3) is 0. The molecule has 0 unspecified atom stereocenters. The maximum Gasteiger partial charge on any atom is 0.0549 e. The Balaban J connectivity index is 1.10. The molecule has 9 aromatic carbocycles. The minimum atomic E-state index is 1.14. The molecule has 0 spiro atoms. The summed E-state index contributed by atoms with van der Waals surface area (Å²) >= 11 is 0. The fourth-order valence-corrected chi connectivity index (χ4v) is 9.36. The van der Waals surface area contributed by atoms with Crippen molar-refractivity contribution < 1.29 is 0 Å². The van der Waals surface area contributed by atoms with Crippen LogP contribution in [-0.4, -0.2) is 13.7 Å². The second kappa shape index (κ2) is 11.6. The molecule has 256 valence electrons. The predicted octanol–water partition coefficient (Wildman–Crippen LogP) is 13.8. The van der Waals surface area contributed by atoms with Gasteiger partial charge in [-0.25, -0.2) is 0 Å². The van der Waals surface area contributed by atoms with Gasteiger partial charge >= 0.3 is 0 Å². The predicted molar refractivity (Wildman–Crippen MR) is 232 cm³/mol. The van der Waals surface area contributed by atoms with Gasteiger partial charge in [0, 0.05) is 49.1 Å². The molecular weight excluding hydrogens is 667 g/mol. The molecule has 0 radical (unpaired) electrons. The Hall–Kier alpha value is -7.36. The Labute approximate surface area is 317 Å². The minimum absolute atomic E-state index is 1.14. The lowest BCUT2D eigenvalue weighted by Crippen LogP contribution is -1.97. The van der Waals surface area contributed by atoms with Gasteiger partial charge in [0.2, 0.25) is 0 Å². The van der Waals surface area contributed by atoms with Crippen LogP contribution in [0.5, 0.6) is 0 Å². The van der Waals surface area contributed by atoms with E-state index in [1.807, 2.05) is 0 Å². The Kier molecular flexibility index (Phi) is 6.34. The third-order valence-corrected chi connectivity index (χ3v) is 11.6. The van der Waals surface area contributed by atoms with Gasteiger partial charge in [0.15, 0.2) is 0 Å². The zero-order valence-corrected chi connectivity index (χ0v) is 29.9. The molecule has 0 fully saturated rings. The molecule has 0 saturated heterocycles. The van der Waals surface area contributed by atoms with Gasteiger partial charge in [0.1, 0.15) is 0 Å². The lowest BCUT2D eigenvalue weighted by atomic mass is 9.97. The highest BCUT2D eigenvalue weighted by Crippen LogP contribution is 2.44. The first-order chi connectivity index (χ1) is 27.3. The third kappa shape index (κ3) is 4.26. The average molecular weight is 700 g/mol. The van der Waals surface area contributed by atoms with Crippen molar-refractivity contribution in [2.75, 3.05) is 0 Å². The van der Waals surface area contributed by atoms with E-state index < -0.39 is 0 Å². The summed E-state index contributed by atoms with van der Waals surface area (Å²) in [5.41, 5.74) is 13.2. The van der Waals surface area contributed by atoms with E-state index in [-0.39, 0.29) is 0 Å². The third-order valence-electron chi connectivity index (χ3n) is 11.6. The monoisotopic (exact) mass is 699 g/mol. The number of nitrogens with zero attached hydrogens (tertiary/aromatic N) is 3. The van der Waals surface area contributed by atoms with Crippen LogP contribution < -0.4 is 0 Å². The van der Waals surface area contributed by atoms with Crippen molar-refractivity contribution in [3.63, 3.8) is 0 Å². The van der Waals surface area contributed by atoms with Crippen molar-refractivity contribution >= 4 is 76.2 Å². The Morgan fingerprint density at radius 2 is 0.636 bits per heavy atom.